The van der Waals surface area contributed by atoms with E-state index in [0.29, 0.717) is 32.2 Å². The molecule has 4 amide bonds. The van der Waals surface area contributed by atoms with Crippen LogP contribution in [0.4, 0.5) is 15.3 Å². The van der Waals surface area contributed by atoms with Crippen LogP contribution in [0.2, 0.25) is 0 Å². The predicted molar refractivity (Wildman–Crippen MR) is 97.7 cm³/mol. The first-order chi connectivity index (χ1) is 12.3. The average Bonchev–Trinajstić information content (AvgIpc) is 2.98. The van der Waals surface area contributed by atoms with Crippen molar-refractivity contribution in [2.45, 2.75) is 33.4 Å². The van der Waals surface area contributed by atoms with Gasteiger partial charge in [-0.2, -0.15) is 0 Å². The van der Waals surface area contributed by atoms with Gasteiger partial charge in [0.05, 0.1) is 6.54 Å². The highest BCUT2D eigenvalue weighted by Crippen LogP contribution is 2.16. The van der Waals surface area contributed by atoms with Crippen LogP contribution in [0.25, 0.3) is 0 Å². The number of carbonyl (C=O) groups is 3. The van der Waals surface area contributed by atoms with E-state index in [9.17, 15) is 14.4 Å². The lowest BCUT2D eigenvalue weighted by Crippen LogP contribution is -2.46. The molecule has 0 unspecified atom stereocenters. The smallest absolute Gasteiger partial charge is 0.410 e. The third kappa shape index (κ3) is 5.94. The molecule has 1 aliphatic heterocycles. The van der Waals surface area contributed by atoms with Crippen LogP contribution >= 0.6 is 0 Å². The quantitative estimate of drug-likeness (QED) is 0.688. The molecule has 8 heteroatoms. The Morgan fingerprint density at radius 2 is 2.04 bits per heavy atom. The maximum atomic E-state index is 12.1. The Kier molecular flexibility index (Phi) is 6.82. The van der Waals surface area contributed by atoms with E-state index in [1.165, 1.54) is 0 Å². The first-order valence-corrected chi connectivity index (χ1v) is 8.71. The first-order valence-electron chi connectivity index (χ1n) is 8.71. The molecule has 0 aromatic heterocycles. The van der Waals surface area contributed by atoms with Crippen LogP contribution in [0, 0.1) is 5.92 Å². The van der Waals surface area contributed by atoms with E-state index in [2.05, 4.69) is 16.0 Å². The topological polar surface area (TPSA) is 99.8 Å². The van der Waals surface area contributed by atoms with Crippen LogP contribution in [0.3, 0.4) is 0 Å². The Bertz CT molecular complexity index is 662. The summed E-state index contributed by atoms with van der Waals surface area (Å²) < 4.78 is 4.92. The van der Waals surface area contributed by atoms with Gasteiger partial charge in [-0.1, -0.05) is 26.0 Å². The van der Waals surface area contributed by atoms with Crippen molar-refractivity contribution in [1.82, 2.24) is 15.5 Å². The predicted octanol–water partition coefficient (Wildman–Crippen LogP) is 1.92. The summed E-state index contributed by atoms with van der Waals surface area (Å²) in [6.07, 6.45) is -0.316. The zero-order valence-electron chi connectivity index (χ0n) is 15.4. The van der Waals surface area contributed by atoms with Crippen molar-refractivity contribution >= 4 is 23.7 Å². The molecule has 1 saturated heterocycles. The van der Waals surface area contributed by atoms with Crippen LogP contribution < -0.4 is 16.0 Å². The maximum Gasteiger partial charge on any atom is 0.410 e. The summed E-state index contributed by atoms with van der Waals surface area (Å²) in [5.41, 5.74) is 1.66. The average molecular weight is 362 g/mol. The van der Waals surface area contributed by atoms with Gasteiger partial charge in [-0.3, -0.25) is 10.1 Å². The van der Waals surface area contributed by atoms with Crippen molar-refractivity contribution in [3.05, 3.63) is 29.8 Å². The molecule has 1 aliphatic rings. The van der Waals surface area contributed by atoms with E-state index in [4.69, 9.17) is 4.74 Å². The molecular formula is C18H26N4O4. The van der Waals surface area contributed by atoms with Crippen molar-refractivity contribution in [3.8, 4) is 0 Å². The number of amides is 4. The fraction of sp³-hybridized carbons (Fsp3) is 0.500. The van der Waals surface area contributed by atoms with Crippen molar-refractivity contribution in [2.75, 3.05) is 25.0 Å². The number of anilines is 1. The Morgan fingerprint density at radius 3 is 2.69 bits per heavy atom. The number of hydrogen-bond donors (Lipinski definition) is 3. The Morgan fingerprint density at radius 1 is 1.27 bits per heavy atom. The number of cyclic esters (lactones) is 1. The molecule has 1 aromatic carbocycles. The number of benzene rings is 1. The molecule has 1 fully saturated rings. The van der Waals surface area contributed by atoms with E-state index in [1.807, 2.05) is 38.1 Å². The number of nitrogens with one attached hydrogen (secondary N) is 3. The molecule has 1 heterocycles. The zero-order valence-corrected chi connectivity index (χ0v) is 15.4. The van der Waals surface area contributed by atoms with Gasteiger partial charge in [-0.25, -0.2) is 9.59 Å². The van der Waals surface area contributed by atoms with Crippen molar-refractivity contribution in [3.63, 3.8) is 0 Å². The summed E-state index contributed by atoms with van der Waals surface area (Å²) in [4.78, 5) is 36.9. The summed E-state index contributed by atoms with van der Waals surface area (Å²) in [7, 11) is 0. The molecule has 3 N–H and O–H groups in total. The Labute approximate surface area is 153 Å². The molecule has 0 aliphatic carbocycles. The van der Waals surface area contributed by atoms with Crippen molar-refractivity contribution in [1.29, 1.82) is 0 Å². The van der Waals surface area contributed by atoms with Gasteiger partial charge in [0.2, 0.25) is 5.91 Å². The monoisotopic (exact) mass is 362 g/mol. The van der Waals surface area contributed by atoms with Crippen LogP contribution in [0.5, 0.6) is 0 Å². The lowest BCUT2D eigenvalue weighted by atomic mass is 10.1. The SMILES string of the molecule is CC(C)CNC(=O)NC(=O)[C@@H](C)Nc1cccc(CN2CCOC2=O)c1. The van der Waals surface area contributed by atoms with Crippen LogP contribution in [0.1, 0.15) is 26.3 Å². The summed E-state index contributed by atoms with van der Waals surface area (Å²) >= 11 is 0. The third-order valence-electron chi connectivity index (χ3n) is 3.83. The number of rotatable bonds is 7. The molecule has 142 valence electrons. The molecule has 1 atom stereocenters. The second kappa shape index (κ2) is 9.07. The molecular weight excluding hydrogens is 336 g/mol. The van der Waals surface area contributed by atoms with Gasteiger partial charge in [0.25, 0.3) is 0 Å². The largest absolute Gasteiger partial charge is 0.448 e. The summed E-state index contributed by atoms with van der Waals surface area (Å²) in [6, 6.07) is 6.35. The second-order valence-electron chi connectivity index (χ2n) is 6.70. The van der Waals surface area contributed by atoms with Crippen LogP contribution in [-0.2, 0) is 16.1 Å². The molecule has 0 radical (unpaired) electrons. The third-order valence-corrected chi connectivity index (χ3v) is 3.83. The highest BCUT2D eigenvalue weighted by Gasteiger charge is 2.22. The van der Waals surface area contributed by atoms with E-state index >= 15 is 0 Å². The van der Waals surface area contributed by atoms with Crippen LogP contribution in [-0.4, -0.2) is 48.7 Å². The first kappa shape index (κ1) is 19.6. The number of hydrogen-bond acceptors (Lipinski definition) is 5. The fourth-order valence-electron chi connectivity index (χ4n) is 2.43. The highest BCUT2D eigenvalue weighted by atomic mass is 16.6. The molecule has 2 rings (SSSR count). The van der Waals surface area contributed by atoms with Crippen molar-refractivity contribution < 1.29 is 19.1 Å². The number of ether oxygens (including phenoxy) is 1. The highest BCUT2D eigenvalue weighted by molar-refractivity contribution is 5.97. The minimum absolute atomic E-state index is 0.307. The Hall–Kier alpha value is -2.77. The molecule has 0 bridgehead atoms. The van der Waals surface area contributed by atoms with Gasteiger partial charge in [0.1, 0.15) is 12.6 Å². The van der Waals surface area contributed by atoms with Gasteiger partial charge >= 0.3 is 12.1 Å². The lowest BCUT2D eigenvalue weighted by molar-refractivity contribution is -0.120. The van der Waals surface area contributed by atoms with Gasteiger partial charge in [0.15, 0.2) is 0 Å². The molecule has 0 saturated carbocycles. The van der Waals surface area contributed by atoms with Crippen molar-refractivity contribution in [2.24, 2.45) is 5.92 Å². The lowest BCUT2D eigenvalue weighted by Gasteiger charge is -2.17. The second-order valence-corrected chi connectivity index (χ2v) is 6.70. The number of carbonyl (C=O) groups excluding carboxylic acids is 3. The molecule has 1 aromatic rings. The summed E-state index contributed by atoms with van der Waals surface area (Å²) in [5.74, 6) is -0.109. The molecule has 0 spiro atoms. The fourth-order valence-corrected chi connectivity index (χ4v) is 2.43. The van der Waals surface area contributed by atoms with E-state index in [1.54, 1.807) is 11.8 Å². The summed E-state index contributed by atoms with van der Waals surface area (Å²) in [5, 5.41) is 8.01. The normalized spacial score (nSPS) is 14.8. The number of urea groups is 1. The van der Waals surface area contributed by atoms with Gasteiger partial charge in [0, 0.05) is 18.8 Å². The Balaban J connectivity index is 1.86. The van der Waals surface area contributed by atoms with Crippen LogP contribution in [0.15, 0.2) is 24.3 Å². The van der Waals surface area contributed by atoms with E-state index in [-0.39, 0.29) is 6.09 Å². The molecule has 26 heavy (non-hydrogen) atoms. The maximum absolute atomic E-state index is 12.1. The zero-order chi connectivity index (χ0) is 19.1. The van der Waals surface area contributed by atoms with E-state index in [0.717, 1.165) is 11.3 Å². The molecule has 8 nitrogen and oxygen atoms in total. The van der Waals surface area contributed by atoms with Gasteiger partial charge in [-0.15, -0.1) is 0 Å². The summed E-state index contributed by atoms with van der Waals surface area (Å²) in [6.45, 7) is 7.56. The number of nitrogens with zero attached hydrogens (tertiary/aromatic N) is 1. The number of imide groups is 1. The minimum atomic E-state index is -0.591. The van der Waals surface area contributed by atoms with E-state index < -0.39 is 18.0 Å². The standard InChI is InChI=1S/C18H26N4O4/c1-12(2)10-19-17(24)21-16(23)13(3)20-15-6-4-5-14(9-15)11-22-7-8-26-18(22)25/h4-6,9,12-13,20H,7-8,10-11H2,1-3H3,(H2,19,21,23,24)/t13-/m1/s1. The van der Waals surface area contributed by atoms with Gasteiger partial charge in [-0.05, 0) is 30.5 Å². The van der Waals surface area contributed by atoms with Gasteiger partial charge < -0.3 is 20.3 Å². The minimum Gasteiger partial charge on any atom is -0.448 e.